The molecule has 1 aromatic heterocycles. The van der Waals surface area contributed by atoms with Gasteiger partial charge < -0.3 is 10.6 Å². The second-order valence-corrected chi connectivity index (χ2v) is 5.49. The Bertz CT molecular complexity index is 573. The van der Waals surface area contributed by atoms with Crippen LogP contribution in [0.1, 0.15) is 38.3 Å². The second-order valence-electron chi connectivity index (χ2n) is 5.49. The van der Waals surface area contributed by atoms with Crippen LogP contribution >= 0.6 is 12.4 Å². The van der Waals surface area contributed by atoms with E-state index in [-0.39, 0.29) is 24.4 Å². The van der Waals surface area contributed by atoms with E-state index in [9.17, 15) is 9.59 Å². The summed E-state index contributed by atoms with van der Waals surface area (Å²) in [6.07, 6.45) is 9.92. The Morgan fingerprint density at radius 2 is 2.00 bits per heavy atom. The number of nitrogens with zero attached hydrogens (tertiary/aromatic N) is 2. The minimum Gasteiger partial charge on any atom is -0.357 e. The summed E-state index contributed by atoms with van der Waals surface area (Å²) in [4.78, 5) is 31.2. The molecule has 0 aromatic carbocycles. The Morgan fingerprint density at radius 1 is 1.29 bits per heavy atom. The fraction of sp³-hybridized carbons (Fsp3) is 0.467. The third-order valence-electron chi connectivity index (χ3n) is 3.65. The van der Waals surface area contributed by atoms with Crippen LogP contribution in [0.15, 0.2) is 18.5 Å². The standard InChI is InChI=1S/C15H21N5O3.ClH/c1-10(15(22)19-11-4-2-3-5-11)18-13-9-16-12(8-17-13)6-7-14(21)20-23;/h6-11,23H,2-5H2,1H3,(H,17,18)(H,19,22)(H,20,21);1H/b7-6+;/t10-;/m1./s1. The molecule has 132 valence electrons. The first-order chi connectivity index (χ1) is 11.1. The van der Waals surface area contributed by atoms with Crippen molar-refractivity contribution >= 4 is 36.1 Å². The molecule has 1 aliphatic carbocycles. The van der Waals surface area contributed by atoms with Crippen LogP contribution < -0.4 is 16.1 Å². The number of aromatic nitrogens is 2. The van der Waals surface area contributed by atoms with Crippen molar-refractivity contribution in [2.75, 3.05) is 5.32 Å². The predicted molar refractivity (Wildman–Crippen MR) is 91.7 cm³/mol. The molecule has 9 heteroatoms. The van der Waals surface area contributed by atoms with Crippen molar-refractivity contribution in [1.82, 2.24) is 20.8 Å². The molecule has 1 fully saturated rings. The molecule has 1 heterocycles. The largest absolute Gasteiger partial charge is 0.357 e. The Kier molecular flexibility index (Phi) is 8.14. The van der Waals surface area contributed by atoms with E-state index in [1.807, 2.05) is 0 Å². The molecule has 8 nitrogen and oxygen atoms in total. The molecule has 0 aliphatic heterocycles. The van der Waals surface area contributed by atoms with Crippen molar-refractivity contribution in [3.8, 4) is 0 Å². The fourth-order valence-corrected chi connectivity index (χ4v) is 2.38. The summed E-state index contributed by atoms with van der Waals surface area (Å²) in [5.41, 5.74) is 1.94. The Hall–Kier alpha value is -2.19. The molecule has 1 atom stereocenters. The van der Waals surface area contributed by atoms with Gasteiger partial charge in [-0.3, -0.25) is 19.8 Å². The van der Waals surface area contributed by atoms with Crippen molar-refractivity contribution in [3.05, 3.63) is 24.2 Å². The van der Waals surface area contributed by atoms with Gasteiger partial charge in [0.2, 0.25) is 5.91 Å². The number of nitrogens with one attached hydrogen (secondary N) is 3. The molecule has 0 unspecified atom stereocenters. The van der Waals surface area contributed by atoms with Crippen LogP contribution in [-0.4, -0.2) is 39.1 Å². The summed E-state index contributed by atoms with van der Waals surface area (Å²) in [6.45, 7) is 1.77. The van der Waals surface area contributed by atoms with Crippen molar-refractivity contribution in [2.24, 2.45) is 0 Å². The summed E-state index contributed by atoms with van der Waals surface area (Å²) in [6, 6.07) is -0.130. The minimum absolute atomic E-state index is 0. The lowest BCUT2D eigenvalue weighted by Crippen LogP contribution is -2.42. The molecule has 0 spiro atoms. The van der Waals surface area contributed by atoms with Crippen molar-refractivity contribution in [3.63, 3.8) is 0 Å². The highest BCUT2D eigenvalue weighted by Crippen LogP contribution is 2.17. The third-order valence-corrected chi connectivity index (χ3v) is 3.65. The Labute approximate surface area is 146 Å². The van der Waals surface area contributed by atoms with Gasteiger partial charge in [-0.05, 0) is 25.8 Å². The van der Waals surface area contributed by atoms with Gasteiger partial charge in [0.25, 0.3) is 5.91 Å². The van der Waals surface area contributed by atoms with E-state index in [0.717, 1.165) is 18.9 Å². The van der Waals surface area contributed by atoms with Crippen molar-refractivity contribution < 1.29 is 14.8 Å². The van der Waals surface area contributed by atoms with Gasteiger partial charge in [-0.1, -0.05) is 12.8 Å². The van der Waals surface area contributed by atoms with Crippen LogP contribution in [0.5, 0.6) is 0 Å². The number of hydrogen-bond donors (Lipinski definition) is 4. The molecule has 2 rings (SSSR count). The maximum atomic E-state index is 12.1. The van der Waals surface area contributed by atoms with Gasteiger partial charge in [-0.25, -0.2) is 10.5 Å². The quantitative estimate of drug-likeness (QED) is 0.347. The van der Waals surface area contributed by atoms with E-state index in [1.165, 1.54) is 36.8 Å². The summed E-state index contributed by atoms with van der Waals surface area (Å²) < 4.78 is 0. The zero-order valence-corrected chi connectivity index (χ0v) is 14.2. The lowest BCUT2D eigenvalue weighted by molar-refractivity contribution is -0.124. The van der Waals surface area contributed by atoms with Gasteiger partial charge in [-0.2, -0.15) is 0 Å². The molecule has 24 heavy (non-hydrogen) atoms. The van der Waals surface area contributed by atoms with Crippen LogP contribution in [0.4, 0.5) is 5.82 Å². The van der Waals surface area contributed by atoms with E-state index >= 15 is 0 Å². The molecular weight excluding hydrogens is 334 g/mol. The predicted octanol–water partition coefficient (Wildman–Crippen LogP) is 1.28. The molecular formula is C15H22ClN5O3. The van der Waals surface area contributed by atoms with Gasteiger partial charge >= 0.3 is 0 Å². The smallest absolute Gasteiger partial charge is 0.267 e. The molecule has 1 aliphatic rings. The highest BCUT2D eigenvalue weighted by molar-refractivity contribution is 5.90. The average molecular weight is 356 g/mol. The highest BCUT2D eigenvalue weighted by Gasteiger charge is 2.20. The van der Waals surface area contributed by atoms with Crippen LogP contribution in [0.25, 0.3) is 6.08 Å². The summed E-state index contributed by atoms with van der Waals surface area (Å²) >= 11 is 0. The lowest BCUT2D eigenvalue weighted by Gasteiger charge is -2.17. The van der Waals surface area contributed by atoms with Gasteiger partial charge in [0, 0.05) is 12.1 Å². The monoisotopic (exact) mass is 355 g/mol. The highest BCUT2D eigenvalue weighted by atomic mass is 35.5. The Balaban J connectivity index is 0.00000288. The minimum atomic E-state index is -0.647. The first-order valence-corrected chi connectivity index (χ1v) is 7.59. The number of halogens is 1. The topological polar surface area (TPSA) is 116 Å². The maximum Gasteiger partial charge on any atom is 0.267 e. The number of carbonyl (C=O) groups excluding carboxylic acids is 2. The maximum absolute atomic E-state index is 12.1. The van der Waals surface area contributed by atoms with Crippen LogP contribution in [0, 0.1) is 0 Å². The SMILES string of the molecule is C[C@@H](Nc1cnc(/C=C/C(=O)NO)cn1)C(=O)NC1CCCC1.Cl. The molecule has 1 aromatic rings. The second kappa shape index (κ2) is 9.84. The number of rotatable bonds is 6. The molecule has 2 amide bonds. The molecule has 0 saturated heterocycles. The zero-order chi connectivity index (χ0) is 16.7. The van der Waals surface area contributed by atoms with E-state index in [1.54, 1.807) is 6.92 Å². The van der Waals surface area contributed by atoms with Crippen molar-refractivity contribution in [2.45, 2.75) is 44.7 Å². The fourth-order valence-electron chi connectivity index (χ4n) is 2.38. The van der Waals surface area contributed by atoms with Crippen LogP contribution in [-0.2, 0) is 9.59 Å². The van der Waals surface area contributed by atoms with Crippen LogP contribution in [0.3, 0.4) is 0 Å². The van der Waals surface area contributed by atoms with Crippen LogP contribution in [0.2, 0.25) is 0 Å². The average Bonchev–Trinajstić information content (AvgIpc) is 3.06. The van der Waals surface area contributed by atoms with E-state index in [0.29, 0.717) is 11.5 Å². The van der Waals surface area contributed by atoms with E-state index < -0.39 is 11.9 Å². The van der Waals surface area contributed by atoms with E-state index in [2.05, 4.69) is 20.6 Å². The van der Waals surface area contributed by atoms with Crippen molar-refractivity contribution in [1.29, 1.82) is 0 Å². The van der Waals surface area contributed by atoms with Gasteiger partial charge in [0.15, 0.2) is 0 Å². The number of hydroxylamine groups is 1. The van der Waals surface area contributed by atoms with E-state index in [4.69, 9.17) is 5.21 Å². The lowest BCUT2D eigenvalue weighted by atomic mass is 10.2. The summed E-state index contributed by atoms with van der Waals surface area (Å²) in [5.74, 6) is -0.226. The number of hydrogen-bond acceptors (Lipinski definition) is 6. The number of anilines is 1. The Morgan fingerprint density at radius 3 is 2.58 bits per heavy atom. The summed E-state index contributed by atoms with van der Waals surface area (Å²) in [7, 11) is 0. The van der Waals surface area contributed by atoms with Gasteiger partial charge in [0.05, 0.1) is 18.1 Å². The molecule has 0 radical (unpaired) electrons. The molecule has 4 N–H and O–H groups in total. The third kappa shape index (κ3) is 6.13. The molecule has 1 saturated carbocycles. The summed E-state index contributed by atoms with van der Waals surface area (Å²) in [5, 5.41) is 14.4. The number of amides is 2. The first kappa shape index (κ1) is 19.9. The normalized spacial score (nSPS) is 15.6. The van der Waals surface area contributed by atoms with Gasteiger partial charge in [0.1, 0.15) is 11.9 Å². The first-order valence-electron chi connectivity index (χ1n) is 7.59. The molecule has 0 bridgehead atoms. The van der Waals surface area contributed by atoms with Gasteiger partial charge in [-0.15, -0.1) is 12.4 Å². The zero-order valence-electron chi connectivity index (χ0n) is 13.4. The number of carbonyl (C=O) groups is 2.